The maximum atomic E-state index is 13.3. The Morgan fingerprint density at radius 3 is 2.30 bits per heavy atom. The maximum Gasteiger partial charge on any atom is 0.295 e. The Morgan fingerprint density at radius 1 is 1.00 bits per heavy atom. The number of amides is 1. The van der Waals surface area contributed by atoms with E-state index in [0.29, 0.717) is 30.1 Å². The molecule has 0 saturated carbocycles. The van der Waals surface area contributed by atoms with Gasteiger partial charge in [-0.05, 0) is 37.0 Å². The number of nitrogens with one attached hydrogen (secondary N) is 1. The summed E-state index contributed by atoms with van der Waals surface area (Å²) in [6.45, 7) is 1.22. The first-order chi connectivity index (χ1) is 14.5. The first-order valence-electron chi connectivity index (χ1n) is 9.90. The van der Waals surface area contributed by atoms with Crippen molar-refractivity contribution in [3.05, 3.63) is 46.6 Å². The van der Waals surface area contributed by atoms with E-state index < -0.39 is 11.7 Å². The summed E-state index contributed by atoms with van der Waals surface area (Å²) in [4.78, 5) is 31.1. The number of hydrogen-bond donors (Lipinski definition) is 1. The number of carbonyl (C=O) groups excluding carboxylic acids is 2. The lowest BCUT2D eigenvalue weighted by atomic mass is 9.98. The summed E-state index contributed by atoms with van der Waals surface area (Å²) in [5, 5.41) is 0.746. The quantitative estimate of drug-likeness (QED) is 0.428. The molecule has 30 heavy (non-hydrogen) atoms. The number of nitrogens with zero attached hydrogens (tertiary/aromatic N) is 1. The number of hydrogen-bond acceptors (Lipinski definition) is 4. The van der Waals surface area contributed by atoms with Crippen LogP contribution in [0.25, 0.3) is 22.0 Å². The number of rotatable bonds is 5. The molecule has 0 bridgehead atoms. The average Bonchev–Trinajstić information content (AvgIpc) is 3.23. The molecular formula is C23H23BrN2O4. The Morgan fingerprint density at radius 2 is 1.67 bits per heavy atom. The van der Waals surface area contributed by atoms with E-state index in [1.54, 1.807) is 18.1 Å². The molecule has 7 heteroatoms. The normalized spacial score (nSPS) is 14.0. The Bertz CT molecular complexity index is 1100. The van der Waals surface area contributed by atoms with Gasteiger partial charge in [0.25, 0.3) is 11.7 Å². The van der Waals surface area contributed by atoms with Gasteiger partial charge in [0.1, 0.15) is 11.5 Å². The summed E-state index contributed by atoms with van der Waals surface area (Å²) < 4.78 is 12.1. The molecule has 0 atom stereocenters. The minimum atomic E-state index is -0.564. The number of aromatic nitrogens is 1. The van der Waals surface area contributed by atoms with Gasteiger partial charge >= 0.3 is 0 Å². The van der Waals surface area contributed by atoms with Gasteiger partial charge in [0, 0.05) is 35.4 Å². The zero-order valence-electron chi connectivity index (χ0n) is 17.0. The number of halogens is 1. The van der Waals surface area contributed by atoms with Gasteiger partial charge in [-0.2, -0.15) is 0 Å². The van der Waals surface area contributed by atoms with Gasteiger partial charge < -0.3 is 19.4 Å². The second-order valence-electron chi connectivity index (χ2n) is 7.30. The molecule has 0 aliphatic carbocycles. The van der Waals surface area contributed by atoms with Crippen LogP contribution in [0.15, 0.2) is 41.0 Å². The molecule has 0 radical (unpaired) electrons. The van der Waals surface area contributed by atoms with Crippen molar-refractivity contribution in [1.29, 1.82) is 0 Å². The molecular weight excluding hydrogens is 448 g/mol. The predicted molar refractivity (Wildman–Crippen MR) is 119 cm³/mol. The van der Waals surface area contributed by atoms with E-state index in [9.17, 15) is 9.59 Å². The summed E-state index contributed by atoms with van der Waals surface area (Å²) in [7, 11) is 3.06. The highest BCUT2D eigenvalue weighted by Gasteiger charge is 2.31. The number of H-pyrrole nitrogens is 1. The highest BCUT2D eigenvalue weighted by molar-refractivity contribution is 9.10. The van der Waals surface area contributed by atoms with Crippen molar-refractivity contribution >= 4 is 38.5 Å². The lowest BCUT2D eigenvalue weighted by Gasteiger charge is -2.26. The van der Waals surface area contributed by atoms with Crippen LogP contribution in [-0.2, 0) is 4.79 Å². The van der Waals surface area contributed by atoms with Crippen LogP contribution in [0.5, 0.6) is 11.5 Å². The highest BCUT2D eigenvalue weighted by Crippen LogP contribution is 2.41. The molecule has 1 fully saturated rings. The van der Waals surface area contributed by atoms with Crippen LogP contribution in [0.1, 0.15) is 29.6 Å². The second-order valence-corrected chi connectivity index (χ2v) is 8.21. The minimum Gasteiger partial charge on any atom is -0.496 e. The van der Waals surface area contributed by atoms with Crippen molar-refractivity contribution in [1.82, 2.24) is 9.88 Å². The maximum absolute atomic E-state index is 13.3. The fourth-order valence-electron chi connectivity index (χ4n) is 4.02. The summed E-state index contributed by atoms with van der Waals surface area (Å²) in [6.07, 6.45) is 4.76. The molecule has 156 valence electrons. The van der Waals surface area contributed by atoms with Crippen molar-refractivity contribution in [3.8, 4) is 22.6 Å². The molecule has 1 saturated heterocycles. The topological polar surface area (TPSA) is 71.6 Å². The van der Waals surface area contributed by atoms with Crippen molar-refractivity contribution in [2.45, 2.75) is 19.3 Å². The summed E-state index contributed by atoms with van der Waals surface area (Å²) in [5.41, 5.74) is 2.64. The molecule has 2 heterocycles. The Kier molecular flexibility index (Phi) is 5.81. The molecule has 1 N–H and O–H groups in total. The number of ether oxygens (including phenoxy) is 2. The summed E-state index contributed by atoms with van der Waals surface area (Å²) >= 11 is 3.45. The molecule has 6 nitrogen and oxygen atoms in total. The van der Waals surface area contributed by atoms with E-state index in [4.69, 9.17) is 9.47 Å². The first-order valence-corrected chi connectivity index (χ1v) is 10.7. The van der Waals surface area contributed by atoms with Crippen LogP contribution < -0.4 is 9.47 Å². The predicted octanol–water partition coefficient (Wildman–Crippen LogP) is 4.81. The smallest absolute Gasteiger partial charge is 0.295 e. The Balaban J connectivity index is 1.87. The number of fused-ring (bicyclic) bond motifs is 1. The van der Waals surface area contributed by atoms with Gasteiger partial charge in [0.05, 0.1) is 30.7 Å². The van der Waals surface area contributed by atoms with E-state index in [1.165, 1.54) is 7.11 Å². The van der Waals surface area contributed by atoms with Crippen molar-refractivity contribution < 1.29 is 19.1 Å². The second kappa shape index (κ2) is 8.52. The number of aromatic amines is 1. The lowest BCUT2D eigenvalue weighted by molar-refractivity contribution is -0.127. The molecule has 1 aliphatic heterocycles. The van der Waals surface area contributed by atoms with E-state index in [0.717, 1.165) is 40.2 Å². The van der Waals surface area contributed by atoms with Gasteiger partial charge in [-0.25, -0.2) is 0 Å². The molecule has 0 spiro atoms. The molecule has 4 rings (SSSR count). The molecule has 1 aromatic heterocycles. The van der Waals surface area contributed by atoms with Gasteiger partial charge in [-0.15, -0.1) is 0 Å². The van der Waals surface area contributed by atoms with Gasteiger partial charge in [0.2, 0.25) is 0 Å². The Hall–Kier alpha value is -2.80. The number of Topliss-reactive ketones (excluding diaryl/α,β-unsaturated/α-hetero) is 1. The zero-order chi connectivity index (χ0) is 21.3. The number of benzene rings is 2. The zero-order valence-corrected chi connectivity index (χ0v) is 18.5. The van der Waals surface area contributed by atoms with Crippen molar-refractivity contribution in [2.24, 2.45) is 0 Å². The van der Waals surface area contributed by atoms with Gasteiger partial charge in [-0.3, -0.25) is 9.59 Å². The number of piperidine rings is 1. The van der Waals surface area contributed by atoms with Crippen LogP contribution >= 0.6 is 15.9 Å². The van der Waals surface area contributed by atoms with Crippen LogP contribution in [0.4, 0.5) is 0 Å². The summed E-state index contributed by atoms with van der Waals surface area (Å²) in [5.74, 6) is -0.160. The molecule has 1 aliphatic rings. The highest BCUT2D eigenvalue weighted by atomic mass is 79.9. The first kappa shape index (κ1) is 20.5. The monoisotopic (exact) mass is 470 g/mol. The van der Waals surface area contributed by atoms with Gasteiger partial charge in [0.15, 0.2) is 0 Å². The van der Waals surface area contributed by atoms with E-state index in [2.05, 4.69) is 20.9 Å². The van der Waals surface area contributed by atoms with E-state index in [1.807, 2.05) is 30.5 Å². The fraction of sp³-hybridized carbons (Fsp3) is 0.304. The SMILES string of the molecule is COc1cc(OC)c2c(-c3ccc(Br)cc3)c[nH]c2c1C(=O)C(=O)N1CCCCC1. The lowest BCUT2D eigenvalue weighted by Crippen LogP contribution is -2.40. The van der Waals surface area contributed by atoms with Crippen molar-refractivity contribution in [3.63, 3.8) is 0 Å². The Labute approximate surface area is 183 Å². The van der Waals surface area contributed by atoms with E-state index in [-0.39, 0.29) is 5.56 Å². The summed E-state index contributed by atoms with van der Waals surface area (Å²) in [6, 6.07) is 9.55. The average molecular weight is 471 g/mol. The largest absolute Gasteiger partial charge is 0.496 e. The fourth-order valence-corrected chi connectivity index (χ4v) is 4.28. The van der Waals surface area contributed by atoms with Crippen molar-refractivity contribution in [2.75, 3.05) is 27.3 Å². The number of carbonyl (C=O) groups is 2. The number of likely N-dealkylation sites (tertiary alicyclic amines) is 1. The third-order valence-corrected chi connectivity index (χ3v) is 6.07. The molecule has 2 aromatic carbocycles. The van der Waals surface area contributed by atoms with Crippen LogP contribution in [0.2, 0.25) is 0 Å². The number of ketones is 1. The van der Waals surface area contributed by atoms with Crippen LogP contribution in [0, 0.1) is 0 Å². The van der Waals surface area contributed by atoms with Crippen LogP contribution in [-0.4, -0.2) is 48.9 Å². The van der Waals surface area contributed by atoms with E-state index >= 15 is 0 Å². The third kappa shape index (κ3) is 3.58. The minimum absolute atomic E-state index is 0.243. The molecule has 0 unspecified atom stereocenters. The van der Waals surface area contributed by atoms with Gasteiger partial charge in [-0.1, -0.05) is 28.1 Å². The standard InChI is InChI=1S/C23H23BrN2O4/c1-29-17-12-18(30-2)20(22(27)23(28)26-10-4-3-5-11-26)21-19(17)16(13-25-21)14-6-8-15(24)9-7-14/h6-9,12-13,25H,3-5,10-11H2,1-2H3. The third-order valence-electron chi connectivity index (χ3n) is 5.54. The molecule has 3 aromatic rings. The molecule has 1 amide bonds. The van der Waals surface area contributed by atoms with Crippen LogP contribution in [0.3, 0.4) is 0 Å². The number of methoxy groups -OCH3 is 2.